The largest absolute Gasteiger partial charge is 0.480 e. The van der Waals surface area contributed by atoms with Crippen molar-refractivity contribution in [2.75, 3.05) is 26.5 Å². The summed E-state index contributed by atoms with van der Waals surface area (Å²) in [5, 5.41) is 0. The lowest BCUT2D eigenvalue weighted by Gasteiger charge is -2.26. The van der Waals surface area contributed by atoms with Crippen LogP contribution in [0.2, 0.25) is 0 Å². The van der Waals surface area contributed by atoms with Crippen molar-refractivity contribution >= 4 is 29.4 Å². The van der Waals surface area contributed by atoms with Gasteiger partial charge in [-0.05, 0) is 88.5 Å². The smallest absolute Gasteiger partial charge is 0.409 e. The monoisotopic (exact) mass is 511 g/mol. The molecule has 0 N–H and O–H groups in total. The van der Waals surface area contributed by atoms with E-state index in [9.17, 15) is 14.4 Å². The van der Waals surface area contributed by atoms with E-state index in [0.29, 0.717) is 18.7 Å². The van der Waals surface area contributed by atoms with Gasteiger partial charge in [-0.1, -0.05) is 24.3 Å². The third-order valence-corrected chi connectivity index (χ3v) is 7.86. The number of amides is 1. The van der Waals surface area contributed by atoms with Gasteiger partial charge >= 0.3 is 6.09 Å². The molecule has 1 heterocycles. The van der Waals surface area contributed by atoms with E-state index in [0.717, 1.165) is 40.2 Å². The van der Waals surface area contributed by atoms with Crippen molar-refractivity contribution in [1.82, 2.24) is 4.90 Å². The zero-order chi connectivity index (χ0) is 26.6. The Labute approximate surface area is 218 Å². The molecule has 2 atom stereocenters. The number of likely N-dealkylation sites (tertiary alicyclic amines) is 1. The third kappa shape index (κ3) is 6.30. The number of benzene rings is 2. The predicted octanol–water partition coefficient (Wildman–Crippen LogP) is 5.90. The fraction of sp³-hybridized carbons (Fsp3) is 0.483. The molecule has 0 saturated carbocycles. The molecule has 1 amide bonds. The SMILES string of the molecule is COC(=O)N1C[C@@H](CCc2cc(C)c(OC(C)(C)C(C)=O)c(C)c2)[C@H](C(=O)c2ccc(SC)cc2)C1. The van der Waals surface area contributed by atoms with Gasteiger partial charge in [0.05, 0.1) is 7.11 Å². The number of hydrogen-bond donors (Lipinski definition) is 0. The molecule has 1 aliphatic heterocycles. The number of thioether (sulfide) groups is 1. The number of aryl methyl sites for hydroxylation is 3. The van der Waals surface area contributed by atoms with Crippen LogP contribution in [0.1, 0.15) is 54.2 Å². The van der Waals surface area contributed by atoms with Crippen LogP contribution in [0.5, 0.6) is 5.75 Å². The predicted molar refractivity (Wildman–Crippen MR) is 143 cm³/mol. The third-order valence-electron chi connectivity index (χ3n) is 7.11. The van der Waals surface area contributed by atoms with Gasteiger partial charge in [-0.15, -0.1) is 11.8 Å². The molecule has 3 rings (SSSR count). The summed E-state index contributed by atoms with van der Waals surface area (Å²) in [6, 6.07) is 11.8. The lowest BCUT2D eigenvalue weighted by molar-refractivity contribution is -0.129. The Morgan fingerprint density at radius 2 is 1.67 bits per heavy atom. The van der Waals surface area contributed by atoms with Gasteiger partial charge in [-0.25, -0.2) is 4.79 Å². The molecule has 0 bridgehead atoms. The van der Waals surface area contributed by atoms with Crippen LogP contribution in [-0.4, -0.2) is 54.6 Å². The first-order chi connectivity index (χ1) is 17.0. The number of Topliss-reactive ketones (excluding diaryl/α,β-unsaturated/α-hetero) is 2. The number of hydrogen-bond acceptors (Lipinski definition) is 6. The standard InChI is InChI=1S/C29H37NO5S/c1-18-14-21(15-19(2)27(18)35-29(4,5)20(3)31)8-9-23-16-30(28(33)34-6)17-25(23)26(32)22-10-12-24(36-7)13-11-22/h10-15,23,25H,8-9,16-17H2,1-7H3/t23-,25-/m1/s1. The zero-order valence-corrected chi connectivity index (χ0v) is 23.2. The minimum atomic E-state index is -0.889. The molecule has 0 aromatic heterocycles. The van der Waals surface area contributed by atoms with Gasteiger partial charge in [-0.2, -0.15) is 0 Å². The molecular weight excluding hydrogens is 474 g/mol. The van der Waals surface area contributed by atoms with Crippen LogP contribution in [0.4, 0.5) is 4.79 Å². The first-order valence-corrected chi connectivity index (χ1v) is 13.5. The molecule has 2 aromatic rings. The number of nitrogens with zero attached hydrogens (tertiary/aromatic N) is 1. The van der Waals surface area contributed by atoms with Crippen LogP contribution >= 0.6 is 11.8 Å². The van der Waals surface area contributed by atoms with E-state index >= 15 is 0 Å². The number of carbonyl (C=O) groups excluding carboxylic acids is 3. The normalized spacial score (nSPS) is 17.7. The average Bonchev–Trinajstić information content (AvgIpc) is 3.28. The topological polar surface area (TPSA) is 72.9 Å². The van der Waals surface area contributed by atoms with Gasteiger partial charge < -0.3 is 14.4 Å². The summed E-state index contributed by atoms with van der Waals surface area (Å²) in [5.41, 5.74) is 2.88. The molecule has 0 spiro atoms. The van der Waals surface area contributed by atoms with Gasteiger partial charge in [0, 0.05) is 29.5 Å². The molecule has 1 aliphatic rings. The minimum absolute atomic E-state index is 0.0273. The van der Waals surface area contributed by atoms with Crippen LogP contribution in [0.25, 0.3) is 0 Å². The molecule has 7 heteroatoms. The highest BCUT2D eigenvalue weighted by Gasteiger charge is 2.40. The first kappa shape index (κ1) is 27.8. The average molecular weight is 512 g/mol. The lowest BCUT2D eigenvalue weighted by atomic mass is 9.84. The van der Waals surface area contributed by atoms with E-state index < -0.39 is 11.7 Å². The summed E-state index contributed by atoms with van der Waals surface area (Å²) in [4.78, 5) is 40.4. The van der Waals surface area contributed by atoms with Gasteiger partial charge in [0.25, 0.3) is 0 Å². The number of carbonyl (C=O) groups is 3. The number of rotatable bonds is 9. The molecule has 2 aromatic carbocycles. The van der Waals surface area contributed by atoms with Gasteiger partial charge in [0.2, 0.25) is 0 Å². The maximum absolute atomic E-state index is 13.4. The zero-order valence-electron chi connectivity index (χ0n) is 22.3. The van der Waals surface area contributed by atoms with Crippen molar-refractivity contribution in [2.45, 2.75) is 58.0 Å². The molecule has 0 unspecified atom stereocenters. The second-order valence-corrected chi connectivity index (χ2v) is 11.0. The molecule has 36 heavy (non-hydrogen) atoms. The Morgan fingerprint density at radius 1 is 1.06 bits per heavy atom. The maximum atomic E-state index is 13.4. The Morgan fingerprint density at radius 3 is 2.19 bits per heavy atom. The van der Waals surface area contributed by atoms with Crippen molar-refractivity contribution in [3.63, 3.8) is 0 Å². The van der Waals surface area contributed by atoms with Crippen LogP contribution < -0.4 is 4.74 Å². The summed E-state index contributed by atoms with van der Waals surface area (Å²) >= 11 is 1.64. The van der Waals surface area contributed by atoms with Crippen molar-refractivity contribution in [3.8, 4) is 5.75 Å². The maximum Gasteiger partial charge on any atom is 0.409 e. The number of ketones is 2. The van der Waals surface area contributed by atoms with E-state index in [2.05, 4.69) is 12.1 Å². The molecule has 1 saturated heterocycles. The van der Waals surface area contributed by atoms with Crippen molar-refractivity contribution in [2.24, 2.45) is 11.8 Å². The molecular formula is C29H37NO5S. The van der Waals surface area contributed by atoms with Gasteiger partial charge in [-0.3, -0.25) is 9.59 Å². The van der Waals surface area contributed by atoms with Gasteiger partial charge in [0.1, 0.15) is 5.75 Å². The Balaban J connectivity index is 1.77. The Bertz CT molecular complexity index is 1100. The highest BCUT2D eigenvalue weighted by atomic mass is 32.2. The van der Waals surface area contributed by atoms with Gasteiger partial charge in [0.15, 0.2) is 17.2 Å². The van der Waals surface area contributed by atoms with Crippen molar-refractivity contribution < 1.29 is 23.9 Å². The van der Waals surface area contributed by atoms with E-state index in [1.165, 1.54) is 14.0 Å². The molecule has 0 aliphatic carbocycles. The Kier molecular flexibility index (Phi) is 8.88. The van der Waals surface area contributed by atoms with Crippen LogP contribution in [0, 0.1) is 25.7 Å². The summed E-state index contributed by atoms with van der Waals surface area (Å²) in [6.45, 7) is 9.93. The summed E-state index contributed by atoms with van der Waals surface area (Å²) in [6.07, 6.45) is 3.15. The summed E-state index contributed by atoms with van der Waals surface area (Å²) < 4.78 is 11.0. The van der Waals surface area contributed by atoms with Crippen LogP contribution in [-0.2, 0) is 16.0 Å². The second-order valence-electron chi connectivity index (χ2n) is 10.1. The fourth-order valence-electron chi connectivity index (χ4n) is 4.73. The number of ether oxygens (including phenoxy) is 2. The van der Waals surface area contributed by atoms with Crippen molar-refractivity contribution in [1.29, 1.82) is 0 Å². The molecule has 6 nitrogen and oxygen atoms in total. The first-order valence-electron chi connectivity index (χ1n) is 12.3. The quantitative estimate of drug-likeness (QED) is 0.308. The van der Waals surface area contributed by atoms with Crippen LogP contribution in [0.15, 0.2) is 41.3 Å². The van der Waals surface area contributed by atoms with E-state index in [-0.39, 0.29) is 23.4 Å². The fourth-order valence-corrected chi connectivity index (χ4v) is 5.14. The molecule has 0 radical (unpaired) electrons. The lowest BCUT2D eigenvalue weighted by Crippen LogP contribution is -2.36. The highest BCUT2D eigenvalue weighted by Crippen LogP contribution is 2.33. The highest BCUT2D eigenvalue weighted by molar-refractivity contribution is 7.98. The van der Waals surface area contributed by atoms with E-state index in [1.54, 1.807) is 30.5 Å². The van der Waals surface area contributed by atoms with E-state index in [4.69, 9.17) is 9.47 Å². The summed E-state index contributed by atoms with van der Waals surface area (Å²) in [5.74, 6) is 0.538. The second kappa shape index (κ2) is 11.5. The number of methoxy groups -OCH3 is 1. The van der Waals surface area contributed by atoms with Crippen molar-refractivity contribution in [3.05, 3.63) is 58.7 Å². The van der Waals surface area contributed by atoms with Crippen LogP contribution in [0.3, 0.4) is 0 Å². The molecule has 194 valence electrons. The summed E-state index contributed by atoms with van der Waals surface area (Å²) in [7, 11) is 1.37. The minimum Gasteiger partial charge on any atom is -0.480 e. The van der Waals surface area contributed by atoms with E-state index in [1.807, 2.05) is 44.4 Å². The molecule has 1 fully saturated rings. The Hall–Kier alpha value is -2.80.